The number of amides is 2. The molecule has 0 aromatic heterocycles. The third-order valence-electron chi connectivity index (χ3n) is 5.92. The number of methoxy groups -OCH3 is 1. The Morgan fingerprint density at radius 3 is 2.43 bits per heavy atom. The van der Waals surface area contributed by atoms with Crippen molar-refractivity contribution in [2.24, 2.45) is 0 Å². The number of nitrogens with zero attached hydrogens (tertiary/aromatic N) is 2. The molecule has 1 aliphatic carbocycles. The van der Waals surface area contributed by atoms with Crippen molar-refractivity contribution in [1.82, 2.24) is 9.80 Å². The van der Waals surface area contributed by atoms with Crippen LogP contribution in [0, 0.1) is 0 Å². The highest BCUT2D eigenvalue weighted by Gasteiger charge is 2.24. The highest BCUT2D eigenvalue weighted by atomic mass is 35.5. The van der Waals surface area contributed by atoms with E-state index in [0.29, 0.717) is 44.9 Å². The number of carbonyl (C=O) groups excluding carboxylic acids is 2. The smallest absolute Gasteiger partial charge is 0.246 e. The second-order valence-electron chi connectivity index (χ2n) is 7.58. The minimum atomic E-state index is -0.0718. The summed E-state index contributed by atoms with van der Waals surface area (Å²) in [6.45, 7) is 5.79. The van der Waals surface area contributed by atoms with Crippen molar-refractivity contribution < 1.29 is 14.3 Å². The van der Waals surface area contributed by atoms with Crippen molar-refractivity contribution in [1.29, 1.82) is 0 Å². The van der Waals surface area contributed by atoms with Gasteiger partial charge in [-0.1, -0.05) is 37.1 Å². The molecular formula is C22H29ClN2O3. The fourth-order valence-electron chi connectivity index (χ4n) is 4.26. The first-order valence-corrected chi connectivity index (χ1v) is 10.5. The largest absolute Gasteiger partial charge is 0.496 e. The Hall–Kier alpha value is -2.01. The molecule has 2 fully saturated rings. The number of aryl methyl sites for hydroxylation is 1. The summed E-state index contributed by atoms with van der Waals surface area (Å²) in [7, 11) is 1.64. The predicted molar refractivity (Wildman–Crippen MR) is 111 cm³/mol. The number of benzene rings is 1. The summed E-state index contributed by atoms with van der Waals surface area (Å²) in [6.07, 6.45) is 7.24. The molecule has 1 aromatic rings. The van der Waals surface area contributed by atoms with Gasteiger partial charge in [0.1, 0.15) is 5.75 Å². The SMILES string of the molecule is C=CC(=O)N1CCN(C(=O)CCc2cc(C3CCCC3)c(Cl)cc2OC)CC1. The van der Waals surface area contributed by atoms with Crippen LogP contribution in [0.4, 0.5) is 0 Å². The van der Waals surface area contributed by atoms with Crippen LogP contribution in [0.1, 0.15) is 49.1 Å². The summed E-state index contributed by atoms with van der Waals surface area (Å²) in [6, 6.07) is 4.04. The number of hydrogen-bond donors (Lipinski definition) is 0. The van der Waals surface area contributed by atoms with E-state index in [-0.39, 0.29) is 11.8 Å². The van der Waals surface area contributed by atoms with Crippen LogP contribution in [0.3, 0.4) is 0 Å². The first-order chi connectivity index (χ1) is 13.5. The zero-order chi connectivity index (χ0) is 20.1. The molecule has 1 saturated carbocycles. The molecule has 3 rings (SSSR count). The summed E-state index contributed by atoms with van der Waals surface area (Å²) >= 11 is 6.50. The fraction of sp³-hybridized carbons (Fsp3) is 0.545. The summed E-state index contributed by atoms with van der Waals surface area (Å²) in [4.78, 5) is 27.9. The van der Waals surface area contributed by atoms with Crippen LogP contribution in [0.25, 0.3) is 0 Å². The van der Waals surface area contributed by atoms with Crippen molar-refractivity contribution in [2.75, 3.05) is 33.3 Å². The molecule has 0 atom stereocenters. The average Bonchev–Trinajstić information content (AvgIpc) is 3.26. The van der Waals surface area contributed by atoms with Crippen molar-refractivity contribution in [3.8, 4) is 5.75 Å². The van der Waals surface area contributed by atoms with Gasteiger partial charge in [-0.25, -0.2) is 0 Å². The number of piperazine rings is 1. The van der Waals surface area contributed by atoms with Crippen LogP contribution in [0.15, 0.2) is 24.8 Å². The lowest BCUT2D eigenvalue weighted by Gasteiger charge is -2.34. The van der Waals surface area contributed by atoms with Gasteiger partial charge in [0.15, 0.2) is 0 Å². The maximum atomic E-state index is 12.7. The minimum Gasteiger partial charge on any atom is -0.496 e. The quantitative estimate of drug-likeness (QED) is 0.677. The molecule has 0 bridgehead atoms. The predicted octanol–water partition coefficient (Wildman–Crippen LogP) is 3.80. The van der Waals surface area contributed by atoms with Gasteiger partial charge in [0, 0.05) is 37.6 Å². The van der Waals surface area contributed by atoms with Gasteiger partial charge in [-0.15, -0.1) is 0 Å². The number of hydrogen-bond acceptors (Lipinski definition) is 3. The number of halogens is 1. The Bertz CT molecular complexity index is 736. The minimum absolute atomic E-state index is 0.0718. The van der Waals surface area contributed by atoms with Gasteiger partial charge in [0.25, 0.3) is 0 Å². The molecule has 2 aliphatic rings. The topological polar surface area (TPSA) is 49.9 Å². The zero-order valence-electron chi connectivity index (χ0n) is 16.6. The van der Waals surface area contributed by atoms with Gasteiger partial charge in [0.05, 0.1) is 7.11 Å². The van der Waals surface area contributed by atoms with E-state index in [2.05, 4.69) is 12.6 Å². The fourth-order valence-corrected chi connectivity index (χ4v) is 4.57. The Morgan fingerprint density at radius 1 is 1.18 bits per heavy atom. The average molecular weight is 405 g/mol. The van der Waals surface area contributed by atoms with Crippen LogP contribution in [-0.2, 0) is 16.0 Å². The Morgan fingerprint density at radius 2 is 1.82 bits per heavy atom. The highest BCUT2D eigenvalue weighted by Crippen LogP contribution is 2.40. The van der Waals surface area contributed by atoms with E-state index in [4.69, 9.17) is 16.3 Å². The molecule has 1 aliphatic heterocycles. The summed E-state index contributed by atoms with van der Waals surface area (Å²) in [5.74, 6) is 1.31. The van der Waals surface area contributed by atoms with Crippen LogP contribution in [0.2, 0.25) is 5.02 Å². The van der Waals surface area contributed by atoms with Crippen LogP contribution in [-0.4, -0.2) is 54.9 Å². The number of rotatable bonds is 6. The Balaban J connectivity index is 1.62. The summed E-state index contributed by atoms with van der Waals surface area (Å²) in [5, 5.41) is 0.766. The van der Waals surface area contributed by atoms with Crippen LogP contribution >= 0.6 is 11.6 Å². The first-order valence-electron chi connectivity index (χ1n) is 10.1. The van der Waals surface area contributed by atoms with Gasteiger partial charge in [0.2, 0.25) is 11.8 Å². The second-order valence-corrected chi connectivity index (χ2v) is 7.98. The van der Waals surface area contributed by atoms with E-state index in [9.17, 15) is 9.59 Å². The molecule has 0 unspecified atom stereocenters. The molecule has 1 aromatic carbocycles. The second kappa shape index (κ2) is 9.46. The van der Waals surface area contributed by atoms with Crippen molar-refractivity contribution in [3.05, 3.63) is 40.9 Å². The Kier molecular flexibility index (Phi) is 7.00. The van der Waals surface area contributed by atoms with E-state index >= 15 is 0 Å². The molecule has 0 spiro atoms. The lowest BCUT2D eigenvalue weighted by Crippen LogP contribution is -2.50. The monoisotopic (exact) mass is 404 g/mol. The zero-order valence-corrected chi connectivity index (χ0v) is 17.3. The molecule has 0 radical (unpaired) electrons. The maximum absolute atomic E-state index is 12.7. The molecular weight excluding hydrogens is 376 g/mol. The first kappa shape index (κ1) is 20.7. The molecule has 2 amide bonds. The van der Waals surface area contributed by atoms with Crippen molar-refractivity contribution >= 4 is 23.4 Å². The lowest BCUT2D eigenvalue weighted by atomic mass is 9.94. The third kappa shape index (κ3) is 4.69. The molecule has 5 nitrogen and oxygen atoms in total. The number of carbonyl (C=O) groups is 2. The van der Waals surface area contributed by atoms with Crippen molar-refractivity contribution in [3.63, 3.8) is 0 Å². The molecule has 152 valence electrons. The molecule has 6 heteroatoms. The van der Waals surface area contributed by atoms with Crippen LogP contribution < -0.4 is 4.74 Å². The molecule has 1 heterocycles. The Labute approximate surface area is 172 Å². The summed E-state index contributed by atoms with van der Waals surface area (Å²) in [5.41, 5.74) is 2.24. The van der Waals surface area contributed by atoms with Gasteiger partial charge in [-0.05, 0) is 48.4 Å². The molecule has 0 N–H and O–H groups in total. The van der Waals surface area contributed by atoms with E-state index in [1.54, 1.807) is 12.0 Å². The maximum Gasteiger partial charge on any atom is 0.246 e. The van der Waals surface area contributed by atoms with E-state index in [0.717, 1.165) is 16.3 Å². The highest BCUT2D eigenvalue weighted by molar-refractivity contribution is 6.31. The third-order valence-corrected chi connectivity index (χ3v) is 6.25. The van der Waals surface area contributed by atoms with Crippen LogP contribution in [0.5, 0.6) is 5.75 Å². The van der Waals surface area contributed by atoms with Crippen molar-refractivity contribution in [2.45, 2.75) is 44.4 Å². The molecule has 1 saturated heterocycles. The normalized spacial score (nSPS) is 17.6. The number of ether oxygens (including phenoxy) is 1. The van der Waals surface area contributed by atoms with Gasteiger partial charge >= 0.3 is 0 Å². The summed E-state index contributed by atoms with van der Waals surface area (Å²) < 4.78 is 5.51. The standard InChI is InChI=1S/C22H29ClN2O3/c1-3-21(26)24-10-12-25(13-11-24)22(27)9-8-17-14-18(16-6-4-5-7-16)19(23)15-20(17)28-2/h3,14-16H,1,4-13H2,2H3. The van der Waals surface area contributed by atoms with E-state index < -0.39 is 0 Å². The molecule has 28 heavy (non-hydrogen) atoms. The van der Waals surface area contributed by atoms with Gasteiger partial charge < -0.3 is 14.5 Å². The van der Waals surface area contributed by atoms with Gasteiger partial charge in [-0.3, -0.25) is 9.59 Å². The van der Waals surface area contributed by atoms with E-state index in [1.165, 1.54) is 37.3 Å². The van der Waals surface area contributed by atoms with Gasteiger partial charge in [-0.2, -0.15) is 0 Å². The van der Waals surface area contributed by atoms with E-state index in [1.807, 2.05) is 11.0 Å². The lowest BCUT2D eigenvalue weighted by molar-refractivity contribution is -0.137.